The average molecular weight is 348 g/mol. The molecule has 128 valence electrons. The van der Waals surface area contributed by atoms with Crippen molar-refractivity contribution in [1.82, 2.24) is 4.90 Å². The van der Waals surface area contributed by atoms with E-state index in [4.69, 9.17) is 21.1 Å². The first-order valence-corrected chi connectivity index (χ1v) is 8.34. The van der Waals surface area contributed by atoms with Crippen LogP contribution in [0.25, 0.3) is 0 Å². The van der Waals surface area contributed by atoms with E-state index in [1.54, 1.807) is 36.2 Å². The number of benzene rings is 2. The molecule has 0 saturated heterocycles. The van der Waals surface area contributed by atoms with E-state index in [-0.39, 0.29) is 5.91 Å². The molecule has 0 aliphatic heterocycles. The Morgan fingerprint density at radius 2 is 1.71 bits per heavy atom. The van der Waals surface area contributed by atoms with Gasteiger partial charge < -0.3 is 14.4 Å². The second-order valence-corrected chi connectivity index (χ2v) is 5.85. The van der Waals surface area contributed by atoms with Crippen molar-refractivity contribution in [1.29, 1.82) is 0 Å². The second-order valence-electron chi connectivity index (χ2n) is 5.41. The molecule has 0 bridgehead atoms. The Kier molecular flexibility index (Phi) is 6.94. The number of carbonyl (C=O) groups excluding carboxylic acids is 1. The molecule has 0 radical (unpaired) electrons. The molecule has 1 amide bonds. The van der Waals surface area contributed by atoms with Crippen molar-refractivity contribution in [2.75, 3.05) is 26.8 Å². The molecular formula is C19H22ClNO3. The zero-order chi connectivity index (χ0) is 17.4. The topological polar surface area (TPSA) is 38.8 Å². The number of hydrogen-bond acceptors (Lipinski definition) is 3. The predicted molar refractivity (Wildman–Crippen MR) is 96.1 cm³/mol. The van der Waals surface area contributed by atoms with Crippen LogP contribution in [0.1, 0.15) is 23.7 Å². The number of nitrogens with zero attached hydrogens (tertiary/aromatic N) is 1. The van der Waals surface area contributed by atoms with Crippen LogP contribution >= 0.6 is 11.6 Å². The molecule has 0 N–H and O–H groups in total. The van der Waals surface area contributed by atoms with Gasteiger partial charge in [0.2, 0.25) is 0 Å². The number of hydrogen-bond donors (Lipinski definition) is 0. The van der Waals surface area contributed by atoms with Gasteiger partial charge in [-0.1, -0.05) is 30.7 Å². The van der Waals surface area contributed by atoms with Crippen LogP contribution in [0.15, 0.2) is 48.5 Å². The zero-order valence-corrected chi connectivity index (χ0v) is 14.8. The molecule has 0 saturated carbocycles. The number of carbonyl (C=O) groups is 1. The van der Waals surface area contributed by atoms with Crippen LogP contribution in [-0.2, 0) is 0 Å². The van der Waals surface area contributed by atoms with Gasteiger partial charge in [0.1, 0.15) is 18.1 Å². The first kappa shape index (κ1) is 18.1. The molecule has 0 fully saturated rings. The first-order chi connectivity index (χ1) is 11.6. The maximum Gasteiger partial charge on any atom is 0.253 e. The largest absolute Gasteiger partial charge is 0.494 e. The van der Waals surface area contributed by atoms with Gasteiger partial charge in [0.05, 0.1) is 13.2 Å². The van der Waals surface area contributed by atoms with Gasteiger partial charge in [-0.2, -0.15) is 0 Å². The van der Waals surface area contributed by atoms with Crippen molar-refractivity contribution in [3.05, 3.63) is 59.1 Å². The summed E-state index contributed by atoms with van der Waals surface area (Å²) in [6, 6.07) is 14.4. The van der Waals surface area contributed by atoms with Gasteiger partial charge in [0.15, 0.2) is 0 Å². The standard InChI is InChI=1S/C19H22ClNO3/c1-3-11-23-17-8-4-6-15(13-17)19(22)21(2)10-12-24-18-9-5-7-16(20)14-18/h4-9,13-14H,3,10-12H2,1-2H3. The van der Waals surface area contributed by atoms with E-state index in [1.165, 1.54) is 0 Å². The number of ether oxygens (including phenoxy) is 2. The third kappa shape index (κ3) is 5.46. The fourth-order valence-corrected chi connectivity index (χ4v) is 2.30. The number of rotatable bonds is 8. The lowest BCUT2D eigenvalue weighted by molar-refractivity contribution is 0.0773. The number of likely N-dealkylation sites (N-methyl/N-ethyl adjacent to an activating group) is 1. The summed E-state index contributed by atoms with van der Waals surface area (Å²) in [6.45, 7) is 3.56. The summed E-state index contributed by atoms with van der Waals surface area (Å²) in [4.78, 5) is 14.1. The van der Waals surface area contributed by atoms with Crippen molar-refractivity contribution < 1.29 is 14.3 Å². The van der Waals surface area contributed by atoms with Crippen LogP contribution < -0.4 is 9.47 Å². The monoisotopic (exact) mass is 347 g/mol. The highest BCUT2D eigenvalue weighted by molar-refractivity contribution is 6.30. The highest BCUT2D eigenvalue weighted by atomic mass is 35.5. The molecule has 0 aromatic heterocycles. The highest BCUT2D eigenvalue weighted by Crippen LogP contribution is 2.17. The minimum Gasteiger partial charge on any atom is -0.494 e. The summed E-state index contributed by atoms with van der Waals surface area (Å²) in [5, 5.41) is 0.626. The fraction of sp³-hybridized carbons (Fsp3) is 0.316. The Labute approximate surface area is 147 Å². The quantitative estimate of drug-likeness (QED) is 0.715. The summed E-state index contributed by atoms with van der Waals surface area (Å²) >= 11 is 5.91. The lowest BCUT2D eigenvalue weighted by Gasteiger charge is -2.18. The van der Waals surface area contributed by atoms with Gasteiger partial charge in [0, 0.05) is 17.6 Å². The molecule has 5 heteroatoms. The van der Waals surface area contributed by atoms with E-state index >= 15 is 0 Å². The normalized spacial score (nSPS) is 10.3. The van der Waals surface area contributed by atoms with E-state index < -0.39 is 0 Å². The smallest absolute Gasteiger partial charge is 0.253 e. The lowest BCUT2D eigenvalue weighted by Crippen LogP contribution is -2.30. The molecule has 2 rings (SSSR count). The summed E-state index contributed by atoms with van der Waals surface area (Å²) in [6.07, 6.45) is 0.929. The Balaban J connectivity index is 1.87. The third-order valence-corrected chi connectivity index (χ3v) is 3.63. The van der Waals surface area contributed by atoms with E-state index in [2.05, 4.69) is 0 Å². The molecule has 0 heterocycles. The van der Waals surface area contributed by atoms with Gasteiger partial charge in [-0.15, -0.1) is 0 Å². The first-order valence-electron chi connectivity index (χ1n) is 7.97. The maximum atomic E-state index is 12.5. The molecule has 4 nitrogen and oxygen atoms in total. The Morgan fingerprint density at radius 1 is 1.04 bits per heavy atom. The average Bonchev–Trinajstić information content (AvgIpc) is 2.59. The van der Waals surface area contributed by atoms with Crippen LogP contribution in [0, 0.1) is 0 Å². The molecule has 0 spiro atoms. The summed E-state index contributed by atoms with van der Waals surface area (Å²) < 4.78 is 11.2. The molecule has 2 aromatic rings. The van der Waals surface area contributed by atoms with Crippen molar-refractivity contribution in [3.8, 4) is 11.5 Å². The third-order valence-electron chi connectivity index (χ3n) is 3.39. The van der Waals surface area contributed by atoms with Gasteiger partial charge >= 0.3 is 0 Å². The van der Waals surface area contributed by atoms with E-state index in [0.29, 0.717) is 41.8 Å². The van der Waals surface area contributed by atoms with Crippen LogP contribution in [0.4, 0.5) is 0 Å². The second kappa shape index (κ2) is 9.18. The molecular weight excluding hydrogens is 326 g/mol. The minimum atomic E-state index is -0.0633. The van der Waals surface area contributed by atoms with E-state index in [9.17, 15) is 4.79 Å². The molecule has 0 unspecified atom stereocenters. The Bertz CT molecular complexity index is 675. The van der Waals surface area contributed by atoms with Crippen LogP contribution in [0.3, 0.4) is 0 Å². The van der Waals surface area contributed by atoms with Gasteiger partial charge in [-0.05, 0) is 42.8 Å². The lowest BCUT2D eigenvalue weighted by atomic mass is 10.2. The maximum absolute atomic E-state index is 12.5. The summed E-state index contributed by atoms with van der Waals surface area (Å²) in [5.41, 5.74) is 0.605. The molecule has 24 heavy (non-hydrogen) atoms. The van der Waals surface area contributed by atoms with Gasteiger partial charge in [0.25, 0.3) is 5.91 Å². The molecule has 0 atom stereocenters. The minimum absolute atomic E-state index is 0.0633. The SMILES string of the molecule is CCCOc1cccc(C(=O)N(C)CCOc2cccc(Cl)c2)c1. The van der Waals surface area contributed by atoms with Crippen LogP contribution in [-0.4, -0.2) is 37.6 Å². The van der Waals surface area contributed by atoms with Crippen molar-refractivity contribution in [3.63, 3.8) is 0 Å². The van der Waals surface area contributed by atoms with Crippen molar-refractivity contribution >= 4 is 17.5 Å². The fourth-order valence-electron chi connectivity index (χ4n) is 2.12. The van der Waals surface area contributed by atoms with Gasteiger partial charge in [-0.25, -0.2) is 0 Å². The highest BCUT2D eigenvalue weighted by Gasteiger charge is 2.12. The number of amides is 1. The molecule has 2 aromatic carbocycles. The summed E-state index contributed by atoms with van der Waals surface area (Å²) in [7, 11) is 1.75. The van der Waals surface area contributed by atoms with Crippen molar-refractivity contribution in [2.45, 2.75) is 13.3 Å². The number of halogens is 1. The Morgan fingerprint density at radius 3 is 2.42 bits per heavy atom. The molecule has 0 aliphatic rings. The van der Waals surface area contributed by atoms with E-state index in [0.717, 1.165) is 6.42 Å². The summed E-state index contributed by atoms with van der Waals surface area (Å²) in [5.74, 6) is 1.34. The van der Waals surface area contributed by atoms with Gasteiger partial charge in [-0.3, -0.25) is 4.79 Å². The predicted octanol–water partition coefficient (Wildman–Crippen LogP) is 4.28. The van der Waals surface area contributed by atoms with E-state index in [1.807, 2.05) is 31.2 Å². The zero-order valence-electron chi connectivity index (χ0n) is 14.0. The Hall–Kier alpha value is -2.20. The molecule has 0 aliphatic carbocycles. The van der Waals surface area contributed by atoms with Crippen LogP contribution in [0.2, 0.25) is 5.02 Å². The van der Waals surface area contributed by atoms with Crippen LogP contribution in [0.5, 0.6) is 11.5 Å². The van der Waals surface area contributed by atoms with Crippen molar-refractivity contribution in [2.24, 2.45) is 0 Å².